The Kier molecular flexibility index (Phi) is 4.60. The molecule has 2 nitrogen and oxygen atoms in total. The molecule has 0 aromatic carbocycles. The summed E-state index contributed by atoms with van der Waals surface area (Å²) in [6.07, 6.45) is 3.50. The Labute approximate surface area is 94.6 Å². The molecule has 2 N–H and O–H groups in total. The number of rotatable bonds is 4. The summed E-state index contributed by atoms with van der Waals surface area (Å²) in [7, 11) is 0. The van der Waals surface area contributed by atoms with Crippen molar-refractivity contribution in [3.8, 4) is 0 Å². The van der Waals surface area contributed by atoms with Crippen molar-refractivity contribution in [3.05, 3.63) is 0 Å². The van der Waals surface area contributed by atoms with E-state index < -0.39 is 0 Å². The standard InChI is InChI=1S/C13H27NO/c1-5-7-12-11(10(3)4)8-15-9-13(12,14)6-2/h10-12H,5-9,14H2,1-4H3. The van der Waals surface area contributed by atoms with E-state index in [1.54, 1.807) is 0 Å². The van der Waals surface area contributed by atoms with Gasteiger partial charge in [0.2, 0.25) is 0 Å². The molecule has 0 aliphatic carbocycles. The molecule has 1 heterocycles. The van der Waals surface area contributed by atoms with E-state index in [1.165, 1.54) is 12.8 Å². The minimum absolute atomic E-state index is 0.0802. The quantitative estimate of drug-likeness (QED) is 0.779. The maximum absolute atomic E-state index is 6.49. The van der Waals surface area contributed by atoms with Crippen LogP contribution in [0.1, 0.15) is 47.0 Å². The molecule has 0 saturated carbocycles. The lowest BCUT2D eigenvalue weighted by molar-refractivity contribution is -0.0646. The van der Waals surface area contributed by atoms with Crippen LogP contribution >= 0.6 is 0 Å². The van der Waals surface area contributed by atoms with E-state index in [2.05, 4.69) is 27.7 Å². The zero-order valence-electron chi connectivity index (χ0n) is 10.8. The van der Waals surface area contributed by atoms with Crippen molar-refractivity contribution >= 4 is 0 Å². The molecule has 0 radical (unpaired) electrons. The molecule has 15 heavy (non-hydrogen) atoms. The summed E-state index contributed by atoms with van der Waals surface area (Å²) < 4.78 is 5.70. The van der Waals surface area contributed by atoms with Crippen LogP contribution < -0.4 is 5.73 Å². The molecular weight excluding hydrogens is 186 g/mol. The minimum Gasteiger partial charge on any atom is -0.379 e. The van der Waals surface area contributed by atoms with Crippen LogP contribution in [0.15, 0.2) is 0 Å². The van der Waals surface area contributed by atoms with Crippen molar-refractivity contribution in [1.29, 1.82) is 0 Å². The third-order valence-corrected chi connectivity index (χ3v) is 4.05. The summed E-state index contributed by atoms with van der Waals surface area (Å²) in [6.45, 7) is 10.7. The molecule has 1 aliphatic heterocycles. The average molecular weight is 213 g/mol. The topological polar surface area (TPSA) is 35.2 Å². The van der Waals surface area contributed by atoms with E-state index in [9.17, 15) is 0 Å². The summed E-state index contributed by atoms with van der Waals surface area (Å²) in [5.41, 5.74) is 6.41. The fourth-order valence-corrected chi connectivity index (χ4v) is 2.87. The van der Waals surface area contributed by atoms with Gasteiger partial charge in [-0.15, -0.1) is 0 Å². The van der Waals surface area contributed by atoms with Gasteiger partial charge < -0.3 is 10.5 Å². The zero-order chi connectivity index (χ0) is 11.5. The molecule has 3 atom stereocenters. The van der Waals surface area contributed by atoms with Crippen molar-refractivity contribution < 1.29 is 4.74 Å². The Bertz CT molecular complexity index is 193. The molecule has 1 aliphatic rings. The second-order valence-electron chi connectivity index (χ2n) is 5.40. The molecular formula is C13H27NO. The van der Waals surface area contributed by atoms with Gasteiger partial charge >= 0.3 is 0 Å². The lowest BCUT2D eigenvalue weighted by Crippen LogP contribution is -2.58. The molecule has 0 aromatic heterocycles. The highest BCUT2D eigenvalue weighted by Crippen LogP contribution is 2.38. The van der Waals surface area contributed by atoms with E-state index >= 15 is 0 Å². The molecule has 1 saturated heterocycles. The van der Waals surface area contributed by atoms with Crippen LogP contribution in [0.2, 0.25) is 0 Å². The second-order valence-corrected chi connectivity index (χ2v) is 5.40. The number of hydrogen-bond acceptors (Lipinski definition) is 2. The molecule has 1 rings (SSSR count). The highest BCUT2D eigenvalue weighted by Gasteiger charge is 2.42. The van der Waals surface area contributed by atoms with Gasteiger partial charge in [-0.2, -0.15) is 0 Å². The van der Waals surface area contributed by atoms with E-state index in [0.717, 1.165) is 19.6 Å². The fraction of sp³-hybridized carbons (Fsp3) is 1.00. The molecule has 0 amide bonds. The summed E-state index contributed by atoms with van der Waals surface area (Å²) >= 11 is 0. The molecule has 90 valence electrons. The molecule has 0 bridgehead atoms. The van der Waals surface area contributed by atoms with Crippen molar-refractivity contribution in [2.24, 2.45) is 23.5 Å². The summed E-state index contributed by atoms with van der Waals surface area (Å²) in [5, 5.41) is 0. The van der Waals surface area contributed by atoms with E-state index in [1.807, 2.05) is 0 Å². The fourth-order valence-electron chi connectivity index (χ4n) is 2.87. The van der Waals surface area contributed by atoms with Crippen LogP contribution in [0.3, 0.4) is 0 Å². The largest absolute Gasteiger partial charge is 0.379 e. The first-order valence-electron chi connectivity index (χ1n) is 6.41. The van der Waals surface area contributed by atoms with Gasteiger partial charge in [0, 0.05) is 5.54 Å². The SMILES string of the molecule is CCCC1C(C(C)C)COCC1(N)CC. The molecule has 3 unspecified atom stereocenters. The predicted octanol–water partition coefficient (Wildman–Crippen LogP) is 2.81. The predicted molar refractivity (Wildman–Crippen MR) is 64.8 cm³/mol. The molecule has 0 aromatic rings. The average Bonchev–Trinajstić information content (AvgIpc) is 2.21. The monoisotopic (exact) mass is 213 g/mol. The Morgan fingerprint density at radius 2 is 2.07 bits per heavy atom. The normalized spacial score (nSPS) is 37.2. The first kappa shape index (κ1) is 13.0. The summed E-state index contributed by atoms with van der Waals surface area (Å²) in [6, 6.07) is 0. The van der Waals surface area contributed by atoms with Crippen LogP contribution in [0.5, 0.6) is 0 Å². The summed E-state index contributed by atoms with van der Waals surface area (Å²) in [5.74, 6) is 1.96. The van der Waals surface area contributed by atoms with Crippen LogP contribution in [0.4, 0.5) is 0 Å². The molecule has 1 fully saturated rings. The smallest absolute Gasteiger partial charge is 0.0649 e. The lowest BCUT2D eigenvalue weighted by Gasteiger charge is -2.47. The van der Waals surface area contributed by atoms with Crippen molar-refractivity contribution in [2.45, 2.75) is 52.5 Å². The van der Waals surface area contributed by atoms with Crippen molar-refractivity contribution in [1.82, 2.24) is 0 Å². The first-order valence-corrected chi connectivity index (χ1v) is 6.41. The van der Waals surface area contributed by atoms with Crippen molar-refractivity contribution in [2.75, 3.05) is 13.2 Å². The van der Waals surface area contributed by atoms with E-state index in [4.69, 9.17) is 10.5 Å². The highest BCUT2D eigenvalue weighted by molar-refractivity contribution is 4.96. The van der Waals surface area contributed by atoms with E-state index in [0.29, 0.717) is 17.8 Å². The number of nitrogens with two attached hydrogens (primary N) is 1. The van der Waals surface area contributed by atoms with Crippen LogP contribution in [-0.4, -0.2) is 18.8 Å². The van der Waals surface area contributed by atoms with Gasteiger partial charge in [0.1, 0.15) is 0 Å². The maximum Gasteiger partial charge on any atom is 0.0649 e. The highest BCUT2D eigenvalue weighted by atomic mass is 16.5. The zero-order valence-corrected chi connectivity index (χ0v) is 10.8. The lowest BCUT2D eigenvalue weighted by atomic mass is 9.68. The van der Waals surface area contributed by atoms with Gasteiger partial charge in [0.05, 0.1) is 13.2 Å². The Morgan fingerprint density at radius 3 is 2.53 bits per heavy atom. The second kappa shape index (κ2) is 5.31. The third kappa shape index (κ3) is 2.73. The molecule has 2 heteroatoms. The number of ether oxygens (including phenoxy) is 1. The van der Waals surface area contributed by atoms with Gasteiger partial charge in [0.15, 0.2) is 0 Å². The van der Waals surface area contributed by atoms with Gasteiger partial charge in [0.25, 0.3) is 0 Å². The number of hydrogen-bond donors (Lipinski definition) is 1. The Morgan fingerprint density at radius 1 is 1.40 bits per heavy atom. The van der Waals surface area contributed by atoms with Gasteiger partial charge in [-0.25, -0.2) is 0 Å². The van der Waals surface area contributed by atoms with Crippen molar-refractivity contribution in [3.63, 3.8) is 0 Å². The summed E-state index contributed by atoms with van der Waals surface area (Å²) in [4.78, 5) is 0. The first-order chi connectivity index (χ1) is 7.05. The van der Waals surface area contributed by atoms with Gasteiger partial charge in [-0.05, 0) is 30.6 Å². The van der Waals surface area contributed by atoms with Crippen LogP contribution in [-0.2, 0) is 4.74 Å². The van der Waals surface area contributed by atoms with Gasteiger partial charge in [-0.3, -0.25) is 0 Å². The Hall–Kier alpha value is -0.0800. The Balaban J connectivity index is 2.80. The minimum atomic E-state index is -0.0802. The van der Waals surface area contributed by atoms with Crippen LogP contribution in [0.25, 0.3) is 0 Å². The van der Waals surface area contributed by atoms with Gasteiger partial charge in [-0.1, -0.05) is 34.1 Å². The van der Waals surface area contributed by atoms with Crippen LogP contribution in [0, 0.1) is 17.8 Å². The molecule has 0 spiro atoms. The van der Waals surface area contributed by atoms with E-state index in [-0.39, 0.29) is 5.54 Å². The third-order valence-electron chi connectivity index (χ3n) is 4.05. The maximum atomic E-state index is 6.49.